The predicted octanol–water partition coefficient (Wildman–Crippen LogP) is 13.2. The fourth-order valence-electron chi connectivity index (χ4n) is 5.97. The highest BCUT2D eigenvalue weighted by Gasteiger charge is 2.16. The third kappa shape index (κ3) is 38.8. The van der Waals surface area contributed by atoms with Crippen LogP contribution in [0.25, 0.3) is 0 Å². The number of rotatable bonds is 38. The highest BCUT2D eigenvalue weighted by Crippen LogP contribution is 2.14. The highest BCUT2D eigenvalue weighted by atomic mass is 16.6. The van der Waals surface area contributed by atoms with Crippen molar-refractivity contribution >= 4 is 11.9 Å². The Kier molecular flexibility index (Phi) is 39.0. The number of allylic oxidation sites excluding steroid dienone is 6. The molecule has 0 aromatic heterocycles. The molecule has 0 rings (SSSR count). The van der Waals surface area contributed by atoms with Gasteiger partial charge < -0.3 is 14.6 Å². The Bertz CT molecular complexity index is 786. The van der Waals surface area contributed by atoms with Gasteiger partial charge in [0.25, 0.3) is 0 Å². The first kappa shape index (κ1) is 47.1. The van der Waals surface area contributed by atoms with Crippen LogP contribution in [0.1, 0.15) is 213 Å². The molecule has 0 heterocycles. The largest absolute Gasteiger partial charge is 0.462 e. The molecule has 0 fully saturated rings. The summed E-state index contributed by atoms with van der Waals surface area (Å²) in [4.78, 5) is 24.2. The quantitative estimate of drug-likeness (QED) is 0.0397. The van der Waals surface area contributed by atoms with Crippen molar-refractivity contribution in [2.24, 2.45) is 0 Å². The Hall–Kier alpha value is -1.88. The lowest BCUT2D eigenvalue weighted by molar-refractivity contribution is -0.161. The molecule has 286 valence electrons. The lowest BCUT2D eigenvalue weighted by Gasteiger charge is -2.15. The molecular formula is C44H80O5. The van der Waals surface area contributed by atoms with Crippen LogP contribution in [-0.2, 0) is 19.1 Å². The van der Waals surface area contributed by atoms with E-state index in [1.165, 1.54) is 135 Å². The van der Waals surface area contributed by atoms with E-state index in [0.29, 0.717) is 12.8 Å². The monoisotopic (exact) mass is 689 g/mol. The number of hydrogen-bond acceptors (Lipinski definition) is 5. The zero-order chi connectivity index (χ0) is 35.7. The van der Waals surface area contributed by atoms with E-state index >= 15 is 0 Å². The molecule has 0 amide bonds. The standard InChI is InChI=1S/C44H80O5/c1-3-5-7-9-11-13-15-17-18-19-20-21-22-23-24-25-26-27-29-31-33-35-37-39-44(47)49-42(40-45)41-48-43(46)38-36-34-32-30-28-16-14-12-10-8-6-4-2/h15,17,19-20,22-23,42,45H,3-14,16,18,21,24-41H2,1-2H3/b17-15-,20-19-,23-22-. The Labute approximate surface area is 304 Å². The Morgan fingerprint density at radius 2 is 0.816 bits per heavy atom. The summed E-state index contributed by atoms with van der Waals surface area (Å²) in [7, 11) is 0. The average molecular weight is 689 g/mol. The highest BCUT2D eigenvalue weighted by molar-refractivity contribution is 5.70. The summed E-state index contributed by atoms with van der Waals surface area (Å²) in [5.74, 6) is -0.594. The van der Waals surface area contributed by atoms with Gasteiger partial charge in [-0.3, -0.25) is 9.59 Å². The SMILES string of the molecule is CCCCCCC/C=C\C/C=C\C/C=C\CCCCCCCCCCC(=O)OC(CO)COC(=O)CCCCCCCCCCCCCC. The smallest absolute Gasteiger partial charge is 0.306 e. The summed E-state index contributed by atoms with van der Waals surface area (Å²) in [5, 5.41) is 9.56. The molecule has 1 atom stereocenters. The van der Waals surface area contributed by atoms with Gasteiger partial charge in [-0.25, -0.2) is 0 Å². The molecule has 0 spiro atoms. The van der Waals surface area contributed by atoms with Gasteiger partial charge in [0, 0.05) is 12.8 Å². The van der Waals surface area contributed by atoms with Crippen molar-refractivity contribution in [3.05, 3.63) is 36.5 Å². The van der Waals surface area contributed by atoms with E-state index in [0.717, 1.165) is 51.4 Å². The van der Waals surface area contributed by atoms with Gasteiger partial charge in [-0.05, 0) is 51.4 Å². The lowest BCUT2D eigenvalue weighted by atomic mass is 10.0. The van der Waals surface area contributed by atoms with E-state index in [9.17, 15) is 14.7 Å². The molecule has 49 heavy (non-hydrogen) atoms. The van der Waals surface area contributed by atoms with Crippen molar-refractivity contribution < 1.29 is 24.2 Å². The number of carbonyl (C=O) groups excluding carboxylic acids is 2. The minimum atomic E-state index is -0.772. The molecule has 0 radical (unpaired) electrons. The van der Waals surface area contributed by atoms with E-state index in [4.69, 9.17) is 9.47 Å². The molecule has 0 aliphatic heterocycles. The molecule has 0 aromatic rings. The van der Waals surface area contributed by atoms with Crippen molar-refractivity contribution in [1.29, 1.82) is 0 Å². The Morgan fingerprint density at radius 3 is 1.22 bits per heavy atom. The van der Waals surface area contributed by atoms with Crippen LogP contribution in [-0.4, -0.2) is 36.4 Å². The van der Waals surface area contributed by atoms with E-state index in [2.05, 4.69) is 50.3 Å². The van der Waals surface area contributed by atoms with Gasteiger partial charge in [-0.2, -0.15) is 0 Å². The van der Waals surface area contributed by atoms with Gasteiger partial charge in [-0.1, -0.05) is 185 Å². The molecular weight excluding hydrogens is 608 g/mol. The first-order chi connectivity index (χ1) is 24.1. The number of hydrogen-bond donors (Lipinski definition) is 1. The van der Waals surface area contributed by atoms with Crippen molar-refractivity contribution in [2.45, 2.75) is 219 Å². The number of carbonyl (C=O) groups is 2. The molecule has 0 bridgehead atoms. The van der Waals surface area contributed by atoms with E-state index in [1.807, 2.05) is 0 Å². The van der Waals surface area contributed by atoms with Crippen LogP contribution in [0.15, 0.2) is 36.5 Å². The summed E-state index contributed by atoms with van der Waals surface area (Å²) in [6.45, 7) is 4.12. The van der Waals surface area contributed by atoms with E-state index < -0.39 is 6.10 Å². The summed E-state index contributed by atoms with van der Waals surface area (Å²) in [6, 6.07) is 0. The number of ether oxygens (including phenoxy) is 2. The van der Waals surface area contributed by atoms with Gasteiger partial charge >= 0.3 is 11.9 Å². The number of aliphatic hydroxyl groups is 1. The van der Waals surface area contributed by atoms with Crippen LogP contribution in [0.5, 0.6) is 0 Å². The third-order valence-corrected chi connectivity index (χ3v) is 9.19. The second-order valence-corrected chi connectivity index (χ2v) is 14.1. The predicted molar refractivity (Wildman–Crippen MR) is 210 cm³/mol. The maximum absolute atomic E-state index is 12.2. The van der Waals surface area contributed by atoms with E-state index in [-0.39, 0.29) is 25.2 Å². The molecule has 0 saturated heterocycles. The molecule has 1 unspecified atom stereocenters. The number of esters is 2. The molecule has 5 nitrogen and oxygen atoms in total. The summed E-state index contributed by atoms with van der Waals surface area (Å²) in [6.07, 6.45) is 49.2. The van der Waals surface area contributed by atoms with Crippen LogP contribution in [0.3, 0.4) is 0 Å². The maximum atomic E-state index is 12.2. The van der Waals surface area contributed by atoms with Crippen LogP contribution in [0, 0.1) is 0 Å². The topological polar surface area (TPSA) is 72.8 Å². The van der Waals surface area contributed by atoms with Gasteiger partial charge in [0.1, 0.15) is 6.61 Å². The van der Waals surface area contributed by atoms with Gasteiger partial charge in [0.2, 0.25) is 0 Å². The van der Waals surface area contributed by atoms with Crippen molar-refractivity contribution in [1.82, 2.24) is 0 Å². The van der Waals surface area contributed by atoms with Crippen LogP contribution < -0.4 is 0 Å². The zero-order valence-electron chi connectivity index (χ0n) is 32.5. The minimum absolute atomic E-state index is 0.0661. The molecule has 0 saturated carbocycles. The van der Waals surface area contributed by atoms with Crippen molar-refractivity contribution in [2.75, 3.05) is 13.2 Å². The summed E-state index contributed by atoms with van der Waals surface area (Å²) >= 11 is 0. The van der Waals surface area contributed by atoms with Crippen molar-refractivity contribution in [3.8, 4) is 0 Å². The van der Waals surface area contributed by atoms with Gasteiger partial charge in [0.05, 0.1) is 6.61 Å². The molecule has 0 aliphatic rings. The molecule has 0 aromatic carbocycles. The van der Waals surface area contributed by atoms with Crippen LogP contribution in [0.4, 0.5) is 0 Å². The molecule has 5 heteroatoms. The lowest BCUT2D eigenvalue weighted by Crippen LogP contribution is -2.28. The van der Waals surface area contributed by atoms with Crippen molar-refractivity contribution in [3.63, 3.8) is 0 Å². The summed E-state index contributed by atoms with van der Waals surface area (Å²) < 4.78 is 10.6. The average Bonchev–Trinajstić information content (AvgIpc) is 3.10. The first-order valence-corrected chi connectivity index (χ1v) is 21.0. The number of aliphatic hydroxyl groups excluding tert-OH is 1. The van der Waals surface area contributed by atoms with Gasteiger partial charge in [0.15, 0.2) is 6.10 Å². The Balaban J connectivity index is 3.54. The van der Waals surface area contributed by atoms with Crippen LogP contribution >= 0.6 is 0 Å². The maximum Gasteiger partial charge on any atom is 0.306 e. The molecule has 0 aliphatic carbocycles. The fraction of sp³-hybridized carbons (Fsp3) is 0.818. The minimum Gasteiger partial charge on any atom is -0.462 e. The zero-order valence-corrected chi connectivity index (χ0v) is 32.5. The van der Waals surface area contributed by atoms with Crippen LogP contribution in [0.2, 0.25) is 0 Å². The van der Waals surface area contributed by atoms with Gasteiger partial charge in [-0.15, -0.1) is 0 Å². The summed E-state index contributed by atoms with van der Waals surface area (Å²) in [5.41, 5.74) is 0. The third-order valence-electron chi connectivity index (χ3n) is 9.19. The fourth-order valence-corrected chi connectivity index (χ4v) is 5.97. The van der Waals surface area contributed by atoms with E-state index in [1.54, 1.807) is 0 Å². The Morgan fingerprint density at radius 1 is 0.469 bits per heavy atom. The first-order valence-electron chi connectivity index (χ1n) is 21.0. The second kappa shape index (κ2) is 40.5. The normalized spacial score (nSPS) is 12.5. The number of unbranched alkanes of at least 4 members (excludes halogenated alkanes) is 24. The second-order valence-electron chi connectivity index (χ2n) is 14.1. The molecule has 1 N–H and O–H groups in total.